The Hall–Kier alpha value is 0.863. The number of hydrogen-bond acceptors (Lipinski definition) is 1. The fourth-order valence-corrected chi connectivity index (χ4v) is 0. The zero-order valence-electron chi connectivity index (χ0n) is 8.88. The van der Waals surface area contributed by atoms with E-state index in [4.69, 9.17) is 5.73 Å². The van der Waals surface area contributed by atoms with Gasteiger partial charge in [0.25, 0.3) is 0 Å². The Morgan fingerprint density at radius 1 is 1.23 bits per heavy atom. The predicted molar refractivity (Wildman–Crippen MR) is 66.3 cm³/mol. The summed E-state index contributed by atoms with van der Waals surface area (Å²) in [5.41, 5.74) is 4.71. The maximum absolute atomic E-state index is 4.71. The Morgan fingerprint density at radius 2 is 1.31 bits per heavy atom. The fourth-order valence-electron chi connectivity index (χ4n) is 0. The van der Waals surface area contributed by atoms with E-state index in [9.17, 15) is 0 Å². The van der Waals surface area contributed by atoms with Crippen LogP contribution in [0, 0.1) is 13.8 Å². The van der Waals surface area contributed by atoms with Crippen LogP contribution in [-0.4, -0.2) is 4.32 Å². The zero-order valence-corrected chi connectivity index (χ0v) is 13.6. The van der Waals surface area contributed by atoms with E-state index in [2.05, 4.69) is 52.5 Å². The maximum Gasteiger partial charge on any atom is 2.00 e. The van der Waals surface area contributed by atoms with Gasteiger partial charge in [0.2, 0.25) is 0 Å². The molecule has 2 N–H and O–H groups in total. The van der Waals surface area contributed by atoms with E-state index in [0.29, 0.717) is 0 Å². The first kappa shape index (κ1) is 23.6. The minimum absolute atomic E-state index is 0. The molecule has 1 nitrogen and oxygen atoms in total. The summed E-state index contributed by atoms with van der Waals surface area (Å²) in [6, 6.07) is 0. The second-order valence-electron chi connectivity index (χ2n) is 2.05. The summed E-state index contributed by atoms with van der Waals surface area (Å²) < 4.78 is 0.194. The van der Waals surface area contributed by atoms with Crippen molar-refractivity contribution in [2.24, 2.45) is 5.73 Å². The van der Waals surface area contributed by atoms with Gasteiger partial charge in [0, 0.05) is 0 Å². The minimum Gasteiger partial charge on any atom is -0.385 e. The molecule has 0 aliphatic heterocycles. The number of thiol groups is 1. The van der Waals surface area contributed by atoms with E-state index in [-0.39, 0.29) is 23.8 Å². The largest absolute Gasteiger partial charge is 2.00 e. The number of rotatable bonds is 2. The summed E-state index contributed by atoms with van der Waals surface area (Å²) in [5.74, 6) is 0. The van der Waals surface area contributed by atoms with Gasteiger partial charge in [-0.2, -0.15) is 12.8 Å². The number of hydrogen-bond donors (Lipinski definition) is 2. The van der Waals surface area contributed by atoms with Crippen molar-refractivity contribution in [3.63, 3.8) is 0 Å². The monoisotopic (exact) mass is 271 g/mol. The first-order chi connectivity index (χ1) is 5.56. The molecule has 0 fully saturated rings. The van der Waals surface area contributed by atoms with Crippen LogP contribution < -0.4 is 5.73 Å². The molecule has 0 amide bonds. The van der Waals surface area contributed by atoms with Gasteiger partial charge >= 0.3 is 19.5 Å². The third-order valence-electron chi connectivity index (χ3n) is 0.707. The first-order valence-corrected chi connectivity index (χ1v) is 4.99. The molecular weight excluding hydrogens is 252 g/mol. The molecule has 0 spiro atoms. The van der Waals surface area contributed by atoms with Crippen molar-refractivity contribution in [2.45, 2.75) is 39.5 Å². The van der Waals surface area contributed by atoms with Crippen LogP contribution in [0.3, 0.4) is 0 Å². The van der Waals surface area contributed by atoms with Crippen LogP contribution in [0.25, 0.3) is 0 Å². The third-order valence-corrected chi connectivity index (χ3v) is 0.707. The molecule has 0 heterocycles. The predicted octanol–water partition coefficient (Wildman–Crippen LogP) is 3.40. The van der Waals surface area contributed by atoms with Gasteiger partial charge in [-0.15, -0.1) is 12.6 Å². The van der Waals surface area contributed by atoms with Crippen molar-refractivity contribution in [2.75, 3.05) is 0 Å². The second kappa shape index (κ2) is 29.3. The molecule has 0 aliphatic rings. The summed E-state index contributed by atoms with van der Waals surface area (Å²) in [6.45, 7) is 11.4. The van der Waals surface area contributed by atoms with Crippen molar-refractivity contribution in [1.29, 1.82) is 0 Å². The van der Waals surface area contributed by atoms with E-state index < -0.39 is 0 Å². The molecule has 0 unspecified atom stereocenters. The van der Waals surface area contributed by atoms with Crippen LogP contribution >= 0.6 is 24.8 Å². The van der Waals surface area contributed by atoms with Gasteiger partial charge in [0.05, 0.1) is 0 Å². The maximum atomic E-state index is 4.71. The van der Waals surface area contributed by atoms with E-state index in [0.717, 1.165) is 12.8 Å². The molecule has 0 rings (SSSR count). The molecular formula is C9H21NS2Zn. The van der Waals surface area contributed by atoms with Gasteiger partial charge in [0.1, 0.15) is 4.32 Å². The summed E-state index contributed by atoms with van der Waals surface area (Å²) in [5, 5.41) is 0. The van der Waals surface area contributed by atoms with Crippen LogP contribution in [0.2, 0.25) is 0 Å². The molecule has 0 bridgehead atoms. The minimum atomic E-state index is 0. The van der Waals surface area contributed by atoms with E-state index in [1.54, 1.807) is 0 Å². The average Bonchev–Trinajstić information content (AvgIpc) is 2.03. The Labute approximate surface area is 107 Å². The molecule has 0 aromatic carbocycles. The molecule has 13 heavy (non-hydrogen) atoms. The van der Waals surface area contributed by atoms with E-state index in [1.807, 2.05) is 0 Å². The second-order valence-corrected chi connectivity index (χ2v) is 3.27. The van der Waals surface area contributed by atoms with Crippen molar-refractivity contribution in [3.8, 4) is 0 Å². The summed E-state index contributed by atoms with van der Waals surface area (Å²) in [7, 11) is 0. The van der Waals surface area contributed by atoms with Gasteiger partial charge in [-0.05, 0) is 0 Å². The Balaban J connectivity index is -0.0000000450. The van der Waals surface area contributed by atoms with Crippen LogP contribution in [-0.2, 0) is 19.5 Å². The zero-order chi connectivity index (χ0) is 10.4. The van der Waals surface area contributed by atoms with Gasteiger partial charge in [-0.1, -0.05) is 38.9 Å². The molecule has 0 radical (unpaired) electrons. The molecule has 0 atom stereocenters. The first-order valence-electron chi connectivity index (χ1n) is 4.13. The van der Waals surface area contributed by atoms with Crippen LogP contribution in [0.15, 0.2) is 0 Å². The van der Waals surface area contributed by atoms with E-state index in [1.165, 1.54) is 12.8 Å². The van der Waals surface area contributed by atoms with Crippen LogP contribution in [0.5, 0.6) is 0 Å². The van der Waals surface area contributed by atoms with E-state index >= 15 is 0 Å². The summed E-state index contributed by atoms with van der Waals surface area (Å²) >= 11 is 7.65. The van der Waals surface area contributed by atoms with Crippen molar-refractivity contribution >= 4 is 29.2 Å². The summed E-state index contributed by atoms with van der Waals surface area (Å²) in [4.78, 5) is 0. The van der Waals surface area contributed by atoms with Crippen LogP contribution in [0.1, 0.15) is 39.5 Å². The fraction of sp³-hybridized carbons (Fsp3) is 0.667. The van der Waals surface area contributed by atoms with Gasteiger partial charge in [-0.25, -0.2) is 0 Å². The quantitative estimate of drug-likeness (QED) is 0.349. The van der Waals surface area contributed by atoms with Crippen molar-refractivity contribution in [3.05, 3.63) is 13.8 Å². The molecule has 0 saturated carbocycles. The van der Waals surface area contributed by atoms with Crippen molar-refractivity contribution in [1.82, 2.24) is 0 Å². The Morgan fingerprint density at radius 3 is 1.31 bits per heavy atom. The Bertz CT molecular complexity index is 68.0. The number of unbranched alkanes of at least 4 members (excludes halogenated alkanes) is 2. The third kappa shape index (κ3) is 185. The van der Waals surface area contributed by atoms with Gasteiger partial charge in [0.15, 0.2) is 0 Å². The molecule has 0 aromatic heterocycles. The van der Waals surface area contributed by atoms with Crippen molar-refractivity contribution < 1.29 is 19.5 Å². The normalized spacial score (nSPS) is 6.54. The number of nitrogens with two attached hydrogens (primary N) is 1. The molecule has 0 saturated heterocycles. The van der Waals surface area contributed by atoms with Gasteiger partial charge in [-0.3, -0.25) is 0 Å². The summed E-state index contributed by atoms with van der Waals surface area (Å²) in [6.07, 6.45) is 4.56. The topological polar surface area (TPSA) is 26.0 Å². The molecule has 76 valence electrons. The van der Waals surface area contributed by atoms with Gasteiger partial charge < -0.3 is 19.6 Å². The average molecular weight is 273 g/mol. The SMILES string of the molecule is NC(=S)S.[CH2-]CCC.[CH2-]CCC.[Zn+2]. The molecule has 0 aliphatic carbocycles. The number of thiocarbonyl (C=S) groups is 1. The molecule has 4 heteroatoms. The smallest absolute Gasteiger partial charge is 0.385 e. The van der Waals surface area contributed by atoms with Crippen LogP contribution in [0.4, 0.5) is 0 Å². The Kier molecular flexibility index (Phi) is 53.1. The standard InChI is InChI=1S/2C4H9.CH3NS2.Zn/c2*1-3-4-2;2-1(3)4;/h2*1,3-4H2,2H3;(H3,2,3,4);/q2*-1;;+2. The molecule has 0 aromatic rings.